The lowest BCUT2D eigenvalue weighted by atomic mass is 10.1. The molecule has 1 rings (SSSR count). The standard InChI is InChI=1S/C9H7BrFNO2/c1-14-7-4-6(11)8(10)5(2-3-12)9(7)13/h4,13H,2H2,1H3. The fourth-order valence-electron chi connectivity index (χ4n) is 1.04. The van der Waals surface area contributed by atoms with Crippen LogP contribution in [0.4, 0.5) is 4.39 Å². The van der Waals surface area contributed by atoms with Crippen molar-refractivity contribution in [3.63, 3.8) is 0 Å². The number of aromatic hydroxyl groups is 1. The van der Waals surface area contributed by atoms with E-state index in [2.05, 4.69) is 15.9 Å². The summed E-state index contributed by atoms with van der Waals surface area (Å²) < 4.78 is 18.0. The number of hydrogen-bond acceptors (Lipinski definition) is 3. The molecule has 14 heavy (non-hydrogen) atoms. The van der Waals surface area contributed by atoms with Crippen molar-refractivity contribution in [2.45, 2.75) is 6.42 Å². The summed E-state index contributed by atoms with van der Waals surface area (Å²) in [6, 6.07) is 2.89. The van der Waals surface area contributed by atoms with E-state index in [0.29, 0.717) is 0 Å². The molecule has 0 heterocycles. The number of ether oxygens (including phenoxy) is 1. The maximum atomic E-state index is 13.2. The number of phenols is 1. The predicted molar refractivity (Wildman–Crippen MR) is 51.6 cm³/mol. The van der Waals surface area contributed by atoms with Crippen LogP contribution in [0.5, 0.6) is 11.5 Å². The maximum Gasteiger partial charge on any atom is 0.163 e. The Morgan fingerprint density at radius 3 is 2.86 bits per heavy atom. The van der Waals surface area contributed by atoms with Gasteiger partial charge < -0.3 is 9.84 Å². The third-order valence-electron chi connectivity index (χ3n) is 1.73. The van der Waals surface area contributed by atoms with Gasteiger partial charge in [-0.2, -0.15) is 5.26 Å². The molecule has 0 unspecified atom stereocenters. The van der Waals surface area contributed by atoms with E-state index >= 15 is 0 Å². The van der Waals surface area contributed by atoms with Gasteiger partial charge in [0.15, 0.2) is 11.5 Å². The maximum absolute atomic E-state index is 13.2. The van der Waals surface area contributed by atoms with E-state index in [1.165, 1.54) is 7.11 Å². The molecule has 0 fully saturated rings. The first-order valence-electron chi connectivity index (χ1n) is 3.72. The lowest BCUT2D eigenvalue weighted by Gasteiger charge is -2.09. The van der Waals surface area contributed by atoms with Crippen molar-refractivity contribution in [2.24, 2.45) is 0 Å². The van der Waals surface area contributed by atoms with E-state index in [4.69, 9.17) is 10.00 Å². The van der Waals surface area contributed by atoms with Gasteiger partial charge in [-0.25, -0.2) is 4.39 Å². The summed E-state index contributed by atoms with van der Waals surface area (Å²) in [5.74, 6) is -0.747. The third-order valence-corrected chi connectivity index (χ3v) is 2.58. The minimum Gasteiger partial charge on any atom is -0.504 e. The number of halogens is 2. The monoisotopic (exact) mass is 259 g/mol. The number of phenolic OH excluding ortho intramolecular Hbond substituents is 1. The van der Waals surface area contributed by atoms with Crippen LogP contribution in [0.25, 0.3) is 0 Å². The highest BCUT2D eigenvalue weighted by Gasteiger charge is 2.16. The van der Waals surface area contributed by atoms with Gasteiger partial charge in [0.05, 0.1) is 24.1 Å². The van der Waals surface area contributed by atoms with Crippen LogP contribution in [0.1, 0.15) is 5.56 Å². The van der Waals surface area contributed by atoms with Gasteiger partial charge in [-0.1, -0.05) is 0 Å². The molecule has 5 heteroatoms. The second-order valence-corrected chi connectivity index (χ2v) is 3.33. The topological polar surface area (TPSA) is 53.2 Å². The zero-order valence-electron chi connectivity index (χ0n) is 7.34. The highest BCUT2D eigenvalue weighted by Crippen LogP contribution is 2.37. The van der Waals surface area contributed by atoms with E-state index in [-0.39, 0.29) is 28.0 Å². The molecule has 0 amide bonds. The normalized spacial score (nSPS) is 9.57. The van der Waals surface area contributed by atoms with Crippen molar-refractivity contribution in [1.29, 1.82) is 5.26 Å². The average molecular weight is 260 g/mol. The summed E-state index contributed by atoms with van der Waals surface area (Å²) in [4.78, 5) is 0. The molecule has 1 aromatic rings. The van der Waals surface area contributed by atoms with Gasteiger partial charge >= 0.3 is 0 Å². The van der Waals surface area contributed by atoms with Crippen molar-refractivity contribution < 1.29 is 14.2 Å². The number of hydrogen-bond donors (Lipinski definition) is 1. The highest BCUT2D eigenvalue weighted by molar-refractivity contribution is 9.10. The summed E-state index contributed by atoms with van der Waals surface area (Å²) in [6.45, 7) is 0. The Bertz CT molecular complexity index is 401. The van der Waals surface area contributed by atoms with Gasteiger partial charge in [0, 0.05) is 11.6 Å². The lowest BCUT2D eigenvalue weighted by molar-refractivity contribution is 0.367. The van der Waals surface area contributed by atoms with Gasteiger partial charge in [0.1, 0.15) is 5.82 Å². The molecular weight excluding hydrogens is 253 g/mol. The van der Waals surface area contributed by atoms with E-state index in [0.717, 1.165) is 6.07 Å². The van der Waals surface area contributed by atoms with Crippen molar-refractivity contribution >= 4 is 15.9 Å². The minimum absolute atomic E-state index is 0.0240. The number of nitriles is 1. The Hall–Kier alpha value is -1.28. The van der Waals surface area contributed by atoms with Crippen molar-refractivity contribution in [3.05, 3.63) is 21.9 Å². The second kappa shape index (κ2) is 4.29. The lowest BCUT2D eigenvalue weighted by Crippen LogP contribution is -1.93. The average Bonchev–Trinajstić information content (AvgIpc) is 2.18. The summed E-state index contributed by atoms with van der Waals surface area (Å²) in [5, 5.41) is 18.0. The number of nitrogens with zero attached hydrogens (tertiary/aromatic N) is 1. The molecule has 0 spiro atoms. The SMILES string of the molecule is COc1cc(F)c(Br)c(CC#N)c1O. The molecule has 1 N–H and O–H groups in total. The second-order valence-electron chi connectivity index (χ2n) is 2.54. The van der Waals surface area contributed by atoms with E-state index in [1.54, 1.807) is 0 Å². The quantitative estimate of drug-likeness (QED) is 0.888. The molecular formula is C9H7BrFNO2. The zero-order chi connectivity index (χ0) is 10.7. The molecule has 0 bridgehead atoms. The van der Waals surface area contributed by atoms with Crippen molar-refractivity contribution in [3.8, 4) is 17.6 Å². The molecule has 0 saturated heterocycles. The Balaban J connectivity index is 3.38. The fourth-order valence-corrected chi connectivity index (χ4v) is 1.48. The molecule has 0 radical (unpaired) electrons. The van der Waals surface area contributed by atoms with E-state index in [1.807, 2.05) is 6.07 Å². The molecule has 0 aliphatic carbocycles. The molecule has 0 atom stereocenters. The molecule has 3 nitrogen and oxygen atoms in total. The van der Waals surface area contributed by atoms with Crippen LogP contribution in [0.2, 0.25) is 0 Å². The minimum atomic E-state index is -0.565. The van der Waals surface area contributed by atoms with Crippen molar-refractivity contribution in [1.82, 2.24) is 0 Å². The molecule has 0 aliphatic heterocycles. The number of methoxy groups -OCH3 is 1. The van der Waals surface area contributed by atoms with Crippen LogP contribution in [0, 0.1) is 17.1 Å². The highest BCUT2D eigenvalue weighted by atomic mass is 79.9. The van der Waals surface area contributed by atoms with Gasteiger partial charge in [0.2, 0.25) is 0 Å². The number of benzene rings is 1. The predicted octanol–water partition coefficient (Wildman–Crippen LogP) is 2.37. The van der Waals surface area contributed by atoms with Crippen LogP contribution in [0.15, 0.2) is 10.5 Å². The summed E-state index contributed by atoms with van der Waals surface area (Å²) >= 11 is 2.95. The zero-order valence-corrected chi connectivity index (χ0v) is 8.93. The smallest absolute Gasteiger partial charge is 0.163 e. The molecule has 0 aliphatic rings. The summed E-state index contributed by atoms with van der Waals surface area (Å²) in [7, 11) is 1.32. The van der Waals surface area contributed by atoms with Crippen LogP contribution in [-0.4, -0.2) is 12.2 Å². The molecule has 74 valence electrons. The van der Waals surface area contributed by atoms with Crippen LogP contribution in [-0.2, 0) is 6.42 Å². The van der Waals surface area contributed by atoms with E-state index in [9.17, 15) is 9.50 Å². The van der Waals surface area contributed by atoms with Gasteiger partial charge in [-0.3, -0.25) is 0 Å². The Kier molecular flexibility index (Phi) is 3.31. The van der Waals surface area contributed by atoms with Crippen LogP contribution >= 0.6 is 15.9 Å². The summed E-state index contributed by atoms with van der Waals surface area (Å²) in [5.41, 5.74) is 0.198. The van der Waals surface area contributed by atoms with Gasteiger partial charge in [0.25, 0.3) is 0 Å². The Morgan fingerprint density at radius 1 is 1.71 bits per heavy atom. The fraction of sp³-hybridized carbons (Fsp3) is 0.222. The molecule has 0 saturated carbocycles. The molecule has 0 aromatic heterocycles. The van der Waals surface area contributed by atoms with Crippen LogP contribution in [0.3, 0.4) is 0 Å². The summed E-state index contributed by atoms with van der Waals surface area (Å²) in [6.07, 6.45) is -0.0828. The van der Waals surface area contributed by atoms with Gasteiger partial charge in [-0.05, 0) is 15.9 Å². The first-order chi connectivity index (χ1) is 6.61. The van der Waals surface area contributed by atoms with Gasteiger partial charge in [-0.15, -0.1) is 0 Å². The van der Waals surface area contributed by atoms with E-state index < -0.39 is 5.82 Å². The number of rotatable bonds is 2. The first kappa shape index (κ1) is 10.8. The molecule has 1 aromatic carbocycles. The largest absolute Gasteiger partial charge is 0.504 e. The Labute approximate surface area is 88.9 Å². The first-order valence-corrected chi connectivity index (χ1v) is 4.52. The third kappa shape index (κ3) is 1.80. The Morgan fingerprint density at radius 2 is 2.36 bits per heavy atom. The van der Waals surface area contributed by atoms with Crippen LogP contribution < -0.4 is 4.74 Å². The van der Waals surface area contributed by atoms with Crippen molar-refractivity contribution in [2.75, 3.05) is 7.11 Å².